The molecule has 0 aliphatic heterocycles. The molecule has 19 heavy (non-hydrogen) atoms. The largest absolute Gasteiger partial charge is 0.313 e. The van der Waals surface area contributed by atoms with E-state index in [-0.39, 0.29) is 11.8 Å². The molecular formula is C14H24N2O2S. The molecule has 1 aromatic carbocycles. The number of sulfonamides is 1. The van der Waals surface area contributed by atoms with Crippen LogP contribution in [0.2, 0.25) is 0 Å². The highest BCUT2D eigenvalue weighted by atomic mass is 32.2. The average molecular weight is 284 g/mol. The molecule has 1 aromatic rings. The second kappa shape index (κ2) is 7.62. The zero-order chi connectivity index (χ0) is 14.3. The summed E-state index contributed by atoms with van der Waals surface area (Å²) >= 11 is 0. The van der Waals surface area contributed by atoms with Crippen molar-refractivity contribution in [2.24, 2.45) is 0 Å². The van der Waals surface area contributed by atoms with Gasteiger partial charge in [-0.1, -0.05) is 44.2 Å². The zero-order valence-electron chi connectivity index (χ0n) is 11.9. The van der Waals surface area contributed by atoms with Gasteiger partial charge in [-0.15, -0.1) is 0 Å². The molecule has 0 saturated carbocycles. The monoisotopic (exact) mass is 284 g/mol. The predicted octanol–water partition coefficient (Wildman–Crippen LogP) is 1.53. The minimum absolute atomic E-state index is 0.0913. The summed E-state index contributed by atoms with van der Waals surface area (Å²) in [5.74, 6) is 0.115. The molecule has 0 radical (unpaired) electrons. The molecule has 0 aliphatic carbocycles. The number of nitrogens with one attached hydrogen (secondary N) is 2. The van der Waals surface area contributed by atoms with Crippen LogP contribution < -0.4 is 10.0 Å². The Labute approximate surface area is 116 Å². The quantitative estimate of drug-likeness (QED) is 0.761. The van der Waals surface area contributed by atoms with Crippen molar-refractivity contribution in [1.29, 1.82) is 0 Å². The first-order valence-electron chi connectivity index (χ1n) is 6.66. The average Bonchev–Trinajstić information content (AvgIpc) is 2.28. The second-order valence-corrected chi connectivity index (χ2v) is 7.01. The standard InChI is InChI=1S/C14H24N2O2S/c1-12(2)15-9-10-19(17,18)16-13(3)11-14-7-5-4-6-8-14/h4-8,12-13,15-16H,9-11H2,1-3H3. The van der Waals surface area contributed by atoms with E-state index in [2.05, 4.69) is 10.0 Å². The zero-order valence-corrected chi connectivity index (χ0v) is 12.7. The van der Waals surface area contributed by atoms with E-state index >= 15 is 0 Å². The molecule has 1 atom stereocenters. The fourth-order valence-electron chi connectivity index (χ4n) is 1.86. The lowest BCUT2D eigenvalue weighted by Gasteiger charge is -2.15. The van der Waals surface area contributed by atoms with Crippen molar-refractivity contribution < 1.29 is 8.42 Å². The second-order valence-electron chi connectivity index (χ2n) is 5.14. The summed E-state index contributed by atoms with van der Waals surface area (Å²) in [6, 6.07) is 10.1. The molecule has 0 bridgehead atoms. The van der Waals surface area contributed by atoms with Crippen LogP contribution in [0.3, 0.4) is 0 Å². The van der Waals surface area contributed by atoms with Crippen LogP contribution in [-0.2, 0) is 16.4 Å². The Morgan fingerprint density at radius 2 is 1.74 bits per heavy atom. The van der Waals surface area contributed by atoms with Gasteiger partial charge in [0.1, 0.15) is 0 Å². The molecule has 0 fully saturated rings. The summed E-state index contributed by atoms with van der Waals surface area (Å²) in [7, 11) is -3.21. The van der Waals surface area contributed by atoms with Crippen LogP contribution in [0.1, 0.15) is 26.3 Å². The van der Waals surface area contributed by atoms with Gasteiger partial charge in [-0.2, -0.15) is 0 Å². The Morgan fingerprint density at radius 1 is 1.11 bits per heavy atom. The van der Waals surface area contributed by atoms with Gasteiger partial charge >= 0.3 is 0 Å². The van der Waals surface area contributed by atoms with Crippen LogP contribution in [0.15, 0.2) is 30.3 Å². The van der Waals surface area contributed by atoms with Crippen LogP contribution in [-0.4, -0.2) is 32.8 Å². The van der Waals surface area contributed by atoms with Crippen molar-refractivity contribution in [1.82, 2.24) is 10.0 Å². The van der Waals surface area contributed by atoms with Gasteiger partial charge in [0.25, 0.3) is 0 Å². The van der Waals surface area contributed by atoms with Gasteiger partial charge in [-0.3, -0.25) is 0 Å². The summed E-state index contributed by atoms with van der Waals surface area (Å²) in [6.07, 6.45) is 0.706. The van der Waals surface area contributed by atoms with Crippen molar-refractivity contribution >= 4 is 10.0 Å². The Kier molecular flexibility index (Phi) is 6.48. The van der Waals surface area contributed by atoms with Crippen molar-refractivity contribution in [3.8, 4) is 0 Å². The van der Waals surface area contributed by atoms with E-state index < -0.39 is 10.0 Å². The molecule has 1 rings (SSSR count). The molecule has 0 saturated heterocycles. The van der Waals surface area contributed by atoms with Gasteiger partial charge in [0.05, 0.1) is 5.75 Å². The Hall–Kier alpha value is -0.910. The van der Waals surface area contributed by atoms with Gasteiger partial charge in [0, 0.05) is 18.6 Å². The van der Waals surface area contributed by atoms with Crippen molar-refractivity contribution in [2.45, 2.75) is 39.3 Å². The first-order chi connectivity index (χ1) is 8.89. The molecule has 0 heterocycles. The van der Waals surface area contributed by atoms with Gasteiger partial charge in [0.2, 0.25) is 10.0 Å². The van der Waals surface area contributed by atoms with E-state index in [1.54, 1.807) is 0 Å². The Balaban J connectivity index is 2.40. The Bertz CT molecular complexity index is 458. The SMILES string of the molecule is CC(C)NCCS(=O)(=O)NC(C)Cc1ccccc1. The fourth-order valence-corrected chi connectivity index (χ4v) is 3.06. The summed E-state index contributed by atoms with van der Waals surface area (Å²) in [4.78, 5) is 0. The summed E-state index contributed by atoms with van der Waals surface area (Å²) < 4.78 is 26.4. The number of hydrogen-bond donors (Lipinski definition) is 2. The van der Waals surface area contributed by atoms with E-state index in [9.17, 15) is 8.42 Å². The highest BCUT2D eigenvalue weighted by Crippen LogP contribution is 2.03. The fraction of sp³-hybridized carbons (Fsp3) is 0.571. The number of benzene rings is 1. The molecule has 5 heteroatoms. The van der Waals surface area contributed by atoms with Crippen molar-refractivity contribution in [2.75, 3.05) is 12.3 Å². The smallest absolute Gasteiger partial charge is 0.213 e. The molecule has 2 N–H and O–H groups in total. The van der Waals surface area contributed by atoms with Crippen LogP contribution >= 0.6 is 0 Å². The maximum atomic E-state index is 11.9. The van der Waals surface area contributed by atoms with Gasteiger partial charge < -0.3 is 5.32 Å². The third kappa shape index (κ3) is 7.30. The third-order valence-corrected chi connectivity index (χ3v) is 4.19. The van der Waals surface area contributed by atoms with E-state index in [0.29, 0.717) is 19.0 Å². The van der Waals surface area contributed by atoms with Crippen molar-refractivity contribution in [3.05, 3.63) is 35.9 Å². The summed E-state index contributed by atoms with van der Waals surface area (Å²) in [5.41, 5.74) is 1.14. The number of rotatable bonds is 8. The maximum Gasteiger partial charge on any atom is 0.213 e. The predicted molar refractivity (Wildman–Crippen MR) is 79.7 cm³/mol. The van der Waals surface area contributed by atoms with E-state index in [0.717, 1.165) is 5.56 Å². The van der Waals surface area contributed by atoms with E-state index in [1.807, 2.05) is 51.1 Å². The summed E-state index contributed by atoms with van der Waals surface area (Å²) in [6.45, 7) is 6.36. The third-order valence-electron chi connectivity index (χ3n) is 2.69. The lowest BCUT2D eigenvalue weighted by atomic mass is 10.1. The highest BCUT2D eigenvalue weighted by Gasteiger charge is 2.14. The molecule has 0 spiro atoms. The molecule has 108 valence electrons. The van der Waals surface area contributed by atoms with Gasteiger partial charge in [-0.25, -0.2) is 13.1 Å². The van der Waals surface area contributed by atoms with Gasteiger partial charge in [0.15, 0.2) is 0 Å². The van der Waals surface area contributed by atoms with E-state index in [1.165, 1.54) is 0 Å². The Morgan fingerprint density at radius 3 is 2.32 bits per heavy atom. The lowest BCUT2D eigenvalue weighted by molar-refractivity contribution is 0.550. The molecule has 4 nitrogen and oxygen atoms in total. The maximum absolute atomic E-state index is 11.9. The first kappa shape index (κ1) is 16.1. The van der Waals surface area contributed by atoms with Crippen LogP contribution in [0.4, 0.5) is 0 Å². The van der Waals surface area contributed by atoms with Gasteiger partial charge in [-0.05, 0) is 18.9 Å². The molecule has 0 aliphatic rings. The van der Waals surface area contributed by atoms with Crippen LogP contribution in [0, 0.1) is 0 Å². The molecule has 0 amide bonds. The lowest BCUT2D eigenvalue weighted by Crippen LogP contribution is -2.39. The minimum atomic E-state index is -3.21. The van der Waals surface area contributed by atoms with E-state index in [4.69, 9.17) is 0 Å². The van der Waals surface area contributed by atoms with Crippen molar-refractivity contribution in [3.63, 3.8) is 0 Å². The van der Waals surface area contributed by atoms with Crippen LogP contribution in [0.25, 0.3) is 0 Å². The molecule has 0 aromatic heterocycles. The summed E-state index contributed by atoms with van der Waals surface area (Å²) in [5, 5.41) is 3.11. The normalized spacial score (nSPS) is 13.7. The minimum Gasteiger partial charge on any atom is -0.313 e. The number of hydrogen-bond acceptors (Lipinski definition) is 3. The molecule has 1 unspecified atom stereocenters. The topological polar surface area (TPSA) is 58.2 Å². The first-order valence-corrected chi connectivity index (χ1v) is 8.31. The van der Waals surface area contributed by atoms with Crippen LogP contribution in [0.5, 0.6) is 0 Å². The molecular weight excluding hydrogens is 260 g/mol. The highest BCUT2D eigenvalue weighted by molar-refractivity contribution is 7.89.